The van der Waals surface area contributed by atoms with Crippen molar-refractivity contribution in [3.05, 3.63) is 34.4 Å². The summed E-state index contributed by atoms with van der Waals surface area (Å²) in [5.74, 6) is 0.586. The van der Waals surface area contributed by atoms with Crippen molar-refractivity contribution < 1.29 is 18.1 Å². The molecule has 28 heavy (non-hydrogen) atoms. The van der Waals surface area contributed by atoms with Crippen molar-refractivity contribution >= 4 is 45.6 Å². The molecule has 1 aromatic carbocycles. The van der Waals surface area contributed by atoms with Crippen LogP contribution in [-0.2, 0) is 14.8 Å². The molecule has 1 unspecified atom stereocenters. The molecule has 1 aliphatic heterocycles. The Hall–Kier alpha value is -1.51. The van der Waals surface area contributed by atoms with Crippen molar-refractivity contribution in [1.29, 1.82) is 0 Å². The zero-order valence-corrected chi connectivity index (χ0v) is 18.7. The summed E-state index contributed by atoms with van der Waals surface area (Å²) < 4.78 is 32.4. The molecule has 1 heterocycles. The zero-order chi connectivity index (χ0) is 19.7. The number of aliphatic imine (C=N–C) groups is 1. The predicted octanol–water partition coefficient (Wildman–Crippen LogP) is 1.23. The van der Waals surface area contributed by atoms with Crippen LogP contribution in [0.2, 0.25) is 0 Å². The summed E-state index contributed by atoms with van der Waals surface area (Å²) in [5, 5.41) is 16.9. The lowest BCUT2D eigenvalue weighted by Gasteiger charge is -2.13. The van der Waals surface area contributed by atoms with Crippen molar-refractivity contribution in [3.63, 3.8) is 0 Å². The van der Waals surface area contributed by atoms with Crippen LogP contribution < -0.4 is 15.4 Å². The van der Waals surface area contributed by atoms with Gasteiger partial charge in [0.15, 0.2) is 5.96 Å². The van der Waals surface area contributed by atoms with Crippen LogP contribution in [0.25, 0.3) is 0 Å². The Labute approximate surface area is 181 Å². The highest BCUT2D eigenvalue weighted by atomic mass is 127. The minimum atomic E-state index is -3.83. The van der Waals surface area contributed by atoms with Crippen molar-refractivity contribution in [2.24, 2.45) is 4.99 Å². The van der Waals surface area contributed by atoms with E-state index in [0.717, 1.165) is 25.5 Å². The van der Waals surface area contributed by atoms with Crippen LogP contribution >= 0.6 is 24.0 Å². The number of guanidine groups is 1. The second-order valence-corrected chi connectivity index (χ2v) is 7.70. The standard InChI is InChI=1S/C16H25N5O5S.HI/c1-2-17-16(19-12-14-6-4-10-26-14)18-8-9-20-27(24,25)15-7-3-5-13(11-15)21(22)23;/h3,5,7,11,14,20H,2,4,6,8-10,12H2,1H3,(H2,17,18,19);1H. The predicted molar refractivity (Wildman–Crippen MR) is 117 cm³/mol. The fourth-order valence-corrected chi connectivity index (χ4v) is 3.61. The molecule has 0 bridgehead atoms. The Morgan fingerprint density at radius 3 is 2.79 bits per heavy atom. The van der Waals surface area contributed by atoms with Gasteiger partial charge in [-0.15, -0.1) is 24.0 Å². The summed E-state index contributed by atoms with van der Waals surface area (Å²) in [7, 11) is -3.83. The van der Waals surface area contributed by atoms with Gasteiger partial charge in [0, 0.05) is 38.4 Å². The van der Waals surface area contributed by atoms with Crippen LogP contribution in [0.15, 0.2) is 34.2 Å². The summed E-state index contributed by atoms with van der Waals surface area (Å²) >= 11 is 0. The molecule has 10 nitrogen and oxygen atoms in total. The maximum atomic E-state index is 12.3. The third kappa shape index (κ3) is 7.85. The molecule has 1 aliphatic rings. The Morgan fingerprint density at radius 1 is 1.36 bits per heavy atom. The molecule has 0 radical (unpaired) electrons. The van der Waals surface area contributed by atoms with Crippen molar-refractivity contribution in [3.8, 4) is 0 Å². The first-order valence-corrected chi connectivity index (χ1v) is 10.3. The van der Waals surface area contributed by atoms with Gasteiger partial charge < -0.3 is 15.4 Å². The molecule has 0 spiro atoms. The van der Waals surface area contributed by atoms with Crippen LogP contribution in [0.5, 0.6) is 0 Å². The number of nitrogens with one attached hydrogen (secondary N) is 3. The summed E-state index contributed by atoms with van der Waals surface area (Å²) in [6.07, 6.45) is 2.17. The van der Waals surface area contributed by atoms with Gasteiger partial charge in [-0.1, -0.05) is 6.07 Å². The van der Waals surface area contributed by atoms with Gasteiger partial charge in [-0.25, -0.2) is 13.1 Å². The quantitative estimate of drug-likeness (QED) is 0.110. The topological polar surface area (TPSA) is 135 Å². The normalized spacial score (nSPS) is 17.0. The first kappa shape index (κ1) is 24.5. The van der Waals surface area contributed by atoms with Gasteiger partial charge in [0.2, 0.25) is 10.0 Å². The fraction of sp³-hybridized carbons (Fsp3) is 0.562. The van der Waals surface area contributed by atoms with E-state index in [1.807, 2.05) is 6.92 Å². The van der Waals surface area contributed by atoms with E-state index in [0.29, 0.717) is 25.6 Å². The molecule has 0 aliphatic carbocycles. The summed E-state index contributed by atoms with van der Waals surface area (Å²) in [6, 6.07) is 4.93. The highest BCUT2D eigenvalue weighted by molar-refractivity contribution is 14.0. The molecule has 0 amide bonds. The van der Waals surface area contributed by atoms with E-state index in [4.69, 9.17) is 4.74 Å². The fourth-order valence-electron chi connectivity index (χ4n) is 2.54. The Kier molecular flexibility index (Phi) is 10.6. The monoisotopic (exact) mass is 527 g/mol. The second kappa shape index (κ2) is 12.1. The van der Waals surface area contributed by atoms with Gasteiger partial charge in [-0.2, -0.15) is 0 Å². The minimum absolute atomic E-state index is 0. The Balaban J connectivity index is 0.00000392. The highest BCUT2D eigenvalue weighted by Crippen LogP contribution is 2.16. The molecular formula is C16H26IN5O5S. The second-order valence-electron chi connectivity index (χ2n) is 5.93. The molecule has 2 rings (SSSR count). The van der Waals surface area contributed by atoms with Gasteiger partial charge in [0.25, 0.3) is 5.69 Å². The lowest BCUT2D eigenvalue weighted by molar-refractivity contribution is -0.385. The number of sulfonamides is 1. The molecule has 0 saturated carbocycles. The molecule has 1 fully saturated rings. The van der Waals surface area contributed by atoms with Gasteiger partial charge in [0.05, 0.1) is 22.5 Å². The number of hydrogen-bond donors (Lipinski definition) is 3. The smallest absolute Gasteiger partial charge is 0.270 e. The number of benzene rings is 1. The SMILES string of the molecule is CCNC(=NCC1CCCO1)NCCNS(=O)(=O)c1cccc([N+](=O)[O-])c1.I. The number of nitro groups is 1. The zero-order valence-electron chi connectivity index (χ0n) is 15.6. The third-order valence-electron chi connectivity index (χ3n) is 3.87. The number of rotatable bonds is 9. The van der Waals surface area contributed by atoms with E-state index in [9.17, 15) is 18.5 Å². The van der Waals surface area contributed by atoms with Crippen LogP contribution in [0.1, 0.15) is 19.8 Å². The Bertz CT molecular complexity index is 768. The maximum Gasteiger partial charge on any atom is 0.270 e. The van der Waals surface area contributed by atoms with Crippen LogP contribution in [0, 0.1) is 10.1 Å². The van der Waals surface area contributed by atoms with E-state index in [-0.39, 0.29) is 47.2 Å². The summed E-state index contributed by atoms with van der Waals surface area (Å²) in [6.45, 7) is 4.35. The molecule has 158 valence electrons. The van der Waals surface area contributed by atoms with E-state index in [1.165, 1.54) is 18.2 Å². The minimum Gasteiger partial charge on any atom is -0.376 e. The highest BCUT2D eigenvalue weighted by Gasteiger charge is 2.17. The van der Waals surface area contributed by atoms with E-state index in [1.54, 1.807) is 0 Å². The van der Waals surface area contributed by atoms with E-state index in [2.05, 4.69) is 20.3 Å². The molecule has 1 saturated heterocycles. The van der Waals surface area contributed by atoms with Crippen LogP contribution in [0.3, 0.4) is 0 Å². The molecule has 3 N–H and O–H groups in total. The first-order chi connectivity index (χ1) is 12.9. The number of halogens is 1. The number of nitro benzene ring substituents is 1. The van der Waals surface area contributed by atoms with Crippen LogP contribution in [-0.4, -0.2) is 58.2 Å². The summed E-state index contributed by atoms with van der Waals surface area (Å²) in [5.41, 5.74) is -0.272. The third-order valence-corrected chi connectivity index (χ3v) is 5.33. The average Bonchev–Trinajstić information content (AvgIpc) is 3.17. The average molecular weight is 527 g/mol. The summed E-state index contributed by atoms with van der Waals surface area (Å²) in [4.78, 5) is 14.4. The molecular weight excluding hydrogens is 501 g/mol. The largest absolute Gasteiger partial charge is 0.376 e. The van der Waals surface area contributed by atoms with Gasteiger partial charge >= 0.3 is 0 Å². The van der Waals surface area contributed by atoms with E-state index < -0.39 is 14.9 Å². The maximum absolute atomic E-state index is 12.3. The molecule has 0 aromatic heterocycles. The van der Waals surface area contributed by atoms with Crippen molar-refractivity contribution in [2.45, 2.75) is 30.8 Å². The number of non-ortho nitro benzene ring substituents is 1. The van der Waals surface area contributed by atoms with Gasteiger partial charge in [-0.3, -0.25) is 15.1 Å². The lowest BCUT2D eigenvalue weighted by atomic mass is 10.2. The lowest BCUT2D eigenvalue weighted by Crippen LogP contribution is -2.42. The molecule has 12 heteroatoms. The van der Waals surface area contributed by atoms with E-state index >= 15 is 0 Å². The Morgan fingerprint density at radius 2 is 2.14 bits per heavy atom. The van der Waals surface area contributed by atoms with Crippen molar-refractivity contribution in [1.82, 2.24) is 15.4 Å². The van der Waals surface area contributed by atoms with Crippen molar-refractivity contribution in [2.75, 3.05) is 32.8 Å². The van der Waals surface area contributed by atoms with Gasteiger partial charge in [0.1, 0.15) is 0 Å². The molecule has 1 atom stereocenters. The molecule has 1 aromatic rings. The van der Waals surface area contributed by atoms with Gasteiger partial charge in [-0.05, 0) is 25.8 Å². The number of nitrogens with zero attached hydrogens (tertiary/aromatic N) is 2. The number of hydrogen-bond acceptors (Lipinski definition) is 6. The first-order valence-electron chi connectivity index (χ1n) is 8.80. The van der Waals surface area contributed by atoms with Crippen LogP contribution in [0.4, 0.5) is 5.69 Å². The number of ether oxygens (including phenoxy) is 1.